The maximum Gasteiger partial charge on any atom is 0.269 e. The quantitative estimate of drug-likeness (QED) is 0.540. The van der Waals surface area contributed by atoms with Crippen molar-refractivity contribution in [2.24, 2.45) is 0 Å². The number of benzene rings is 2. The zero-order valence-corrected chi connectivity index (χ0v) is 14.4. The number of amides is 1. The van der Waals surface area contributed by atoms with Crippen LogP contribution in [-0.4, -0.2) is 10.8 Å². The summed E-state index contributed by atoms with van der Waals surface area (Å²) in [5, 5.41) is 14.2. The van der Waals surface area contributed by atoms with E-state index in [1.54, 1.807) is 38.1 Å². The molecule has 128 valence electrons. The van der Waals surface area contributed by atoms with Gasteiger partial charge in [0.15, 0.2) is 0 Å². The minimum absolute atomic E-state index is 0.0290. The van der Waals surface area contributed by atoms with Crippen LogP contribution in [-0.2, 0) is 0 Å². The second-order valence-corrected chi connectivity index (χ2v) is 6.77. The minimum atomic E-state index is -0.475. The van der Waals surface area contributed by atoms with E-state index in [0.717, 1.165) is 0 Å². The summed E-state index contributed by atoms with van der Waals surface area (Å²) in [6.07, 6.45) is 0. The van der Waals surface area contributed by atoms with Gasteiger partial charge >= 0.3 is 0 Å². The summed E-state index contributed by atoms with van der Waals surface area (Å²) in [6, 6.07) is 10.5. The third-order valence-corrected chi connectivity index (χ3v) is 5.29. The van der Waals surface area contributed by atoms with E-state index >= 15 is 0 Å². The Morgan fingerprint density at radius 2 is 2.00 bits per heavy atom. The molecule has 0 radical (unpaired) electrons. The third-order valence-electron chi connectivity index (χ3n) is 4.04. The first-order chi connectivity index (χ1) is 11.9. The highest BCUT2D eigenvalue weighted by molar-refractivity contribution is 7.21. The van der Waals surface area contributed by atoms with Gasteiger partial charge in [-0.3, -0.25) is 14.9 Å². The van der Waals surface area contributed by atoms with E-state index in [4.69, 9.17) is 0 Å². The van der Waals surface area contributed by atoms with Gasteiger partial charge in [0.25, 0.3) is 11.6 Å². The Balaban J connectivity index is 1.87. The third kappa shape index (κ3) is 3.23. The number of rotatable bonds is 4. The molecule has 25 heavy (non-hydrogen) atoms. The van der Waals surface area contributed by atoms with E-state index in [2.05, 4.69) is 5.32 Å². The fraction of sp³-hybridized carbons (Fsp3) is 0.167. The molecule has 0 spiro atoms. The molecule has 0 saturated carbocycles. The van der Waals surface area contributed by atoms with Crippen molar-refractivity contribution in [3.05, 3.63) is 74.4 Å². The van der Waals surface area contributed by atoms with Crippen molar-refractivity contribution < 1.29 is 14.1 Å². The first-order valence-corrected chi connectivity index (χ1v) is 8.43. The molecule has 0 fully saturated rings. The summed E-state index contributed by atoms with van der Waals surface area (Å²) < 4.78 is 14.7. The fourth-order valence-corrected chi connectivity index (χ4v) is 3.85. The molecule has 1 atom stereocenters. The number of non-ortho nitro benzene ring substituents is 1. The van der Waals surface area contributed by atoms with E-state index in [9.17, 15) is 19.3 Å². The lowest BCUT2D eigenvalue weighted by atomic mass is 10.1. The molecule has 5 nitrogen and oxygen atoms in total. The molecule has 0 aliphatic rings. The summed E-state index contributed by atoms with van der Waals surface area (Å²) >= 11 is 1.23. The van der Waals surface area contributed by atoms with Crippen LogP contribution in [0.15, 0.2) is 42.5 Å². The standard InChI is InChI=1S/C18H15FN2O3S/c1-10-16-14(19)7-4-8-15(16)25-17(10)18(22)20-11(2)12-5-3-6-13(9-12)21(23)24/h3-9,11H,1-2H3,(H,20,22). The van der Waals surface area contributed by atoms with E-state index in [-0.39, 0.29) is 17.4 Å². The lowest BCUT2D eigenvalue weighted by molar-refractivity contribution is -0.384. The largest absolute Gasteiger partial charge is 0.345 e. The van der Waals surface area contributed by atoms with Crippen molar-refractivity contribution in [2.45, 2.75) is 19.9 Å². The van der Waals surface area contributed by atoms with Crippen LogP contribution in [0.25, 0.3) is 10.1 Å². The number of nitro groups is 1. The monoisotopic (exact) mass is 358 g/mol. The molecule has 0 saturated heterocycles. The Hall–Kier alpha value is -2.80. The first-order valence-electron chi connectivity index (χ1n) is 7.61. The van der Waals surface area contributed by atoms with Crippen LogP contribution in [0, 0.1) is 22.9 Å². The number of hydrogen-bond donors (Lipinski definition) is 1. The van der Waals surface area contributed by atoms with Crippen LogP contribution >= 0.6 is 11.3 Å². The van der Waals surface area contributed by atoms with Crippen LogP contribution in [0.4, 0.5) is 10.1 Å². The van der Waals surface area contributed by atoms with Gasteiger partial charge in [0.2, 0.25) is 0 Å². The molecule has 3 rings (SSSR count). The Bertz CT molecular complexity index is 984. The molecule has 0 aliphatic carbocycles. The van der Waals surface area contributed by atoms with Gasteiger partial charge in [-0.25, -0.2) is 4.39 Å². The van der Waals surface area contributed by atoms with E-state index in [1.807, 2.05) is 0 Å². The highest BCUT2D eigenvalue weighted by Gasteiger charge is 2.20. The van der Waals surface area contributed by atoms with Crippen molar-refractivity contribution in [3.8, 4) is 0 Å². The number of carbonyl (C=O) groups is 1. The van der Waals surface area contributed by atoms with Gasteiger partial charge in [-0.1, -0.05) is 18.2 Å². The lowest BCUT2D eigenvalue weighted by Gasteiger charge is -2.14. The lowest BCUT2D eigenvalue weighted by Crippen LogP contribution is -2.26. The highest BCUT2D eigenvalue weighted by atomic mass is 32.1. The molecule has 0 aliphatic heterocycles. The van der Waals surface area contributed by atoms with Crippen molar-refractivity contribution in [2.75, 3.05) is 0 Å². The second kappa shape index (κ2) is 6.60. The topological polar surface area (TPSA) is 72.2 Å². The molecular formula is C18H15FN2O3S. The summed E-state index contributed by atoms with van der Waals surface area (Å²) in [7, 11) is 0. The van der Waals surface area contributed by atoms with Crippen LogP contribution in [0.5, 0.6) is 0 Å². The van der Waals surface area contributed by atoms with Crippen molar-refractivity contribution >= 4 is 33.0 Å². The Kier molecular flexibility index (Phi) is 4.50. The van der Waals surface area contributed by atoms with Gasteiger partial charge in [-0.05, 0) is 37.1 Å². The predicted octanol–water partition coefficient (Wildman–Crippen LogP) is 4.75. The van der Waals surface area contributed by atoms with Crippen LogP contribution in [0.2, 0.25) is 0 Å². The first kappa shape index (κ1) is 17.0. The predicted molar refractivity (Wildman–Crippen MR) is 95.5 cm³/mol. The van der Waals surface area contributed by atoms with Crippen molar-refractivity contribution in [3.63, 3.8) is 0 Å². The highest BCUT2D eigenvalue weighted by Crippen LogP contribution is 2.33. The average molecular weight is 358 g/mol. The fourth-order valence-electron chi connectivity index (χ4n) is 2.72. The number of aryl methyl sites for hydroxylation is 1. The number of nitro benzene ring substituents is 1. The maximum absolute atomic E-state index is 14.0. The Morgan fingerprint density at radius 1 is 1.28 bits per heavy atom. The summed E-state index contributed by atoms with van der Waals surface area (Å²) in [4.78, 5) is 23.4. The Labute approximate surface area is 147 Å². The minimum Gasteiger partial charge on any atom is -0.345 e. The summed E-state index contributed by atoms with van der Waals surface area (Å²) in [5.41, 5.74) is 1.20. The Morgan fingerprint density at radius 3 is 2.68 bits per heavy atom. The van der Waals surface area contributed by atoms with E-state index in [0.29, 0.717) is 26.1 Å². The van der Waals surface area contributed by atoms with Gasteiger partial charge in [0.05, 0.1) is 15.8 Å². The molecular weight excluding hydrogens is 343 g/mol. The van der Waals surface area contributed by atoms with Crippen LogP contribution < -0.4 is 5.32 Å². The summed E-state index contributed by atoms with van der Waals surface area (Å²) in [5.74, 6) is -0.672. The average Bonchev–Trinajstić information content (AvgIpc) is 2.93. The van der Waals surface area contributed by atoms with Crippen molar-refractivity contribution in [1.82, 2.24) is 5.32 Å². The molecule has 3 aromatic rings. The number of halogens is 1. The molecule has 1 amide bonds. The number of nitrogens with zero attached hydrogens (tertiary/aromatic N) is 1. The van der Waals surface area contributed by atoms with E-state index in [1.165, 1.54) is 29.5 Å². The SMILES string of the molecule is Cc1c(C(=O)NC(C)c2cccc([N+](=O)[O-])c2)sc2cccc(F)c12. The molecule has 0 bridgehead atoms. The molecule has 1 heterocycles. The normalized spacial score (nSPS) is 12.1. The van der Waals surface area contributed by atoms with Gasteiger partial charge in [-0.15, -0.1) is 11.3 Å². The number of nitrogens with one attached hydrogen (secondary N) is 1. The van der Waals surface area contributed by atoms with Crippen LogP contribution in [0.3, 0.4) is 0 Å². The van der Waals surface area contributed by atoms with Gasteiger partial charge in [0, 0.05) is 22.2 Å². The van der Waals surface area contributed by atoms with E-state index < -0.39 is 11.0 Å². The number of thiophene rings is 1. The maximum atomic E-state index is 14.0. The molecule has 1 unspecified atom stereocenters. The molecule has 2 aromatic carbocycles. The molecule has 7 heteroatoms. The molecule has 1 N–H and O–H groups in total. The molecule has 1 aromatic heterocycles. The number of hydrogen-bond acceptors (Lipinski definition) is 4. The van der Waals surface area contributed by atoms with Crippen LogP contribution in [0.1, 0.15) is 33.8 Å². The second-order valence-electron chi connectivity index (χ2n) is 5.72. The van der Waals surface area contributed by atoms with Gasteiger partial charge in [-0.2, -0.15) is 0 Å². The summed E-state index contributed by atoms with van der Waals surface area (Å²) in [6.45, 7) is 3.47. The van der Waals surface area contributed by atoms with Crippen molar-refractivity contribution in [1.29, 1.82) is 0 Å². The number of fused-ring (bicyclic) bond motifs is 1. The number of carbonyl (C=O) groups excluding carboxylic acids is 1. The zero-order chi connectivity index (χ0) is 18.1. The zero-order valence-electron chi connectivity index (χ0n) is 13.6. The smallest absolute Gasteiger partial charge is 0.269 e. The van der Waals surface area contributed by atoms with Gasteiger partial charge in [0.1, 0.15) is 5.82 Å². The van der Waals surface area contributed by atoms with Gasteiger partial charge < -0.3 is 5.32 Å².